The topological polar surface area (TPSA) is 61.4 Å². The van der Waals surface area contributed by atoms with E-state index in [1.807, 2.05) is 0 Å². The van der Waals surface area contributed by atoms with Gasteiger partial charge in [0.15, 0.2) is 0 Å². The summed E-state index contributed by atoms with van der Waals surface area (Å²) in [5, 5.41) is 15.6. The second-order valence-electron chi connectivity index (χ2n) is 5.46. The van der Waals surface area contributed by atoms with Crippen LogP contribution in [-0.2, 0) is 4.79 Å². The molecule has 0 aromatic heterocycles. The molecule has 2 rings (SSSR count). The van der Waals surface area contributed by atoms with Crippen LogP contribution >= 0.6 is 0 Å². The van der Waals surface area contributed by atoms with Gasteiger partial charge in [-0.3, -0.25) is 4.79 Å². The summed E-state index contributed by atoms with van der Waals surface area (Å²) >= 11 is 0. The summed E-state index contributed by atoms with van der Waals surface area (Å²) in [4.78, 5) is 11.9. The van der Waals surface area contributed by atoms with E-state index in [0.29, 0.717) is 12.3 Å². The fourth-order valence-corrected chi connectivity index (χ4v) is 3.07. The van der Waals surface area contributed by atoms with Gasteiger partial charge in [0.25, 0.3) is 0 Å². The van der Waals surface area contributed by atoms with Crippen molar-refractivity contribution in [2.24, 2.45) is 11.8 Å². The van der Waals surface area contributed by atoms with Crippen LogP contribution in [-0.4, -0.2) is 36.8 Å². The van der Waals surface area contributed by atoms with Crippen molar-refractivity contribution < 1.29 is 9.90 Å². The lowest BCUT2D eigenvalue weighted by Gasteiger charge is -2.24. The van der Waals surface area contributed by atoms with Gasteiger partial charge >= 0.3 is 0 Å². The lowest BCUT2D eigenvalue weighted by Crippen LogP contribution is -2.41. The summed E-state index contributed by atoms with van der Waals surface area (Å²) in [6.07, 6.45) is 6.18. The zero-order valence-electron chi connectivity index (χ0n) is 10.5. The molecule has 4 heteroatoms. The average molecular weight is 240 g/mol. The van der Waals surface area contributed by atoms with Crippen molar-refractivity contribution in [3.8, 4) is 0 Å². The van der Waals surface area contributed by atoms with Crippen LogP contribution in [0.2, 0.25) is 0 Å². The van der Waals surface area contributed by atoms with Gasteiger partial charge in [-0.2, -0.15) is 0 Å². The number of rotatable bonds is 4. The molecule has 1 aliphatic heterocycles. The maximum atomic E-state index is 11.9. The first-order valence-corrected chi connectivity index (χ1v) is 6.90. The largest absolute Gasteiger partial charge is 0.396 e. The molecule has 2 fully saturated rings. The normalized spacial score (nSPS) is 33.6. The number of carbonyl (C=O) groups is 1. The van der Waals surface area contributed by atoms with Crippen molar-refractivity contribution in [3.05, 3.63) is 0 Å². The van der Waals surface area contributed by atoms with Crippen LogP contribution in [0.4, 0.5) is 0 Å². The van der Waals surface area contributed by atoms with E-state index < -0.39 is 0 Å². The fraction of sp³-hybridized carbons (Fsp3) is 0.923. The summed E-state index contributed by atoms with van der Waals surface area (Å²) in [5.74, 6) is 0.949. The minimum absolute atomic E-state index is 0.170. The van der Waals surface area contributed by atoms with E-state index in [2.05, 4.69) is 10.6 Å². The van der Waals surface area contributed by atoms with Gasteiger partial charge in [0, 0.05) is 25.0 Å². The molecule has 98 valence electrons. The molecule has 0 aromatic rings. The Bertz CT molecular complexity index is 252. The van der Waals surface area contributed by atoms with Gasteiger partial charge in [-0.15, -0.1) is 0 Å². The zero-order chi connectivity index (χ0) is 12.1. The number of hydrogen-bond donors (Lipinski definition) is 3. The Balaban J connectivity index is 1.72. The third kappa shape index (κ3) is 3.68. The Morgan fingerprint density at radius 1 is 1.29 bits per heavy atom. The second kappa shape index (κ2) is 6.36. The molecule has 0 bridgehead atoms. The maximum Gasteiger partial charge on any atom is 0.220 e. The minimum atomic E-state index is 0.170. The molecule has 17 heavy (non-hydrogen) atoms. The molecule has 0 aromatic carbocycles. The SMILES string of the molecule is O=C(CC1CCCNC1)NC1CCCC1CO. The number of aliphatic hydroxyl groups excluding tert-OH is 1. The lowest BCUT2D eigenvalue weighted by molar-refractivity contribution is -0.123. The smallest absolute Gasteiger partial charge is 0.220 e. The molecule has 1 aliphatic carbocycles. The van der Waals surface area contributed by atoms with E-state index in [1.54, 1.807) is 0 Å². The van der Waals surface area contributed by atoms with Crippen LogP contribution in [0.1, 0.15) is 38.5 Å². The highest BCUT2D eigenvalue weighted by Gasteiger charge is 2.28. The van der Waals surface area contributed by atoms with Gasteiger partial charge in [0.05, 0.1) is 0 Å². The third-order valence-corrected chi connectivity index (χ3v) is 4.11. The second-order valence-corrected chi connectivity index (χ2v) is 5.46. The minimum Gasteiger partial charge on any atom is -0.396 e. The molecule has 1 heterocycles. The molecule has 1 saturated heterocycles. The van der Waals surface area contributed by atoms with E-state index in [4.69, 9.17) is 0 Å². The number of amides is 1. The highest BCUT2D eigenvalue weighted by molar-refractivity contribution is 5.76. The molecule has 1 amide bonds. The van der Waals surface area contributed by atoms with Crippen LogP contribution in [0.5, 0.6) is 0 Å². The van der Waals surface area contributed by atoms with E-state index in [0.717, 1.165) is 38.8 Å². The van der Waals surface area contributed by atoms with Crippen molar-refractivity contribution >= 4 is 5.91 Å². The van der Waals surface area contributed by atoms with Crippen molar-refractivity contribution in [2.45, 2.75) is 44.6 Å². The van der Waals surface area contributed by atoms with E-state index in [-0.39, 0.29) is 24.5 Å². The lowest BCUT2D eigenvalue weighted by atomic mass is 9.95. The molecule has 4 nitrogen and oxygen atoms in total. The summed E-state index contributed by atoms with van der Waals surface area (Å²) in [6.45, 7) is 2.27. The van der Waals surface area contributed by atoms with Crippen LogP contribution < -0.4 is 10.6 Å². The Labute approximate surface area is 103 Å². The first-order valence-electron chi connectivity index (χ1n) is 6.90. The average Bonchev–Trinajstić information content (AvgIpc) is 2.77. The molecule has 1 saturated carbocycles. The standard InChI is InChI=1S/C13H24N2O2/c16-9-11-4-1-5-12(11)15-13(17)7-10-3-2-6-14-8-10/h10-12,14,16H,1-9H2,(H,15,17). The number of carbonyl (C=O) groups excluding carboxylic acids is 1. The quantitative estimate of drug-likeness (QED) is 0.676. The Kier molecular flexibility index (Phi) is 4.80. The fourth-order valence-electron chi connectivity index (χ4n) is 3.07. The van der Waals surface area contributed by atoms with Gasteiger partial charge in [-0.25, -0.2) is 0 Å². The van der Waals surface area contributed by atoms with Gasteiger partial charge in [0.1, 0.15) is 0 Å². The van der Waals surface area contributed by atoms with Gasteiger partial charge in [-0.05, 0) is 44.7 Å². The van der Waals surface area contributed by atoms with Crippen molar-refractivity contribution in [1.82, 2.24) is 10.6 Å². The van der Waals surface area contributed by atoms with E-state index in [9.17, 15) is 9.90 Å². The number of piperidine rings is 1. The predicted molar refractivity (Wildman–Crippen MR) is 66.6 cm³/mol. The summed E-state index contributed by atoms with van der Waals surface area (Å²) in [5.41, 5.74) is 0. The van der Waals surface area contributed by atoms with Crippen molar-refractivity contribution in [3.63, 3.8) is 0 Å². The highest BCUT2D eigenvalue weighted by atomic mass is 16.3. The molecule has 3 atom stereocenters. The Hall–Kier alpha value is -0.610. The van der Waals surface area contributed by atoms with E-state index >= 15 is 0 Å². The molecule has 2 aliphatic rings. The van der Waals surface area contributed by atoms with Crippen molar-refractivity contribution in [2.75, 3.05) is 19.7 Å². The van der Waals surface area contributed by atoms with E-state index in [1.165, 1.54) is 6.42 Å². The zero-order valence-corrected chi connectivity index (χ0v) is 10.5. The molecule has 0 spiro atoms. The maximum absolute atomic E-state index is 11.9. The Morgan fingerprint density at radius 2 is 2.18 bits per heavy atom. The third-order valence-electron chi connectivity index (χ3n) is 4.11. The van der Waals surface area contributed by atoms with Crippen LogP contribution in [0, 0.1) is 11.8 Å². The Morgan fingerprint density at radius 3 is 2.88 bits per heavy atom. The molecular weight excluding hydrogens is 216 g/mol. The first kappa shape index (κ1) is 12.8. The first-order chi connectivity index (χ1) is 8.29. The van der Waals surface area contributed by atoms with Crippen LogP contribution in [0.25, 0.3) is 0 Å². The van der Waals surface area contributed by atoms with Crippen LogP contribution in [0.15, 0.2) is 0 Å². The molecular formula is C13H24N2O2. The summed E-state index contributed by atoms with van der Waals surface area (Å²) in [7, 11) is 0. The summed E-state index contributed by atoms with van der Waals surface area (Å²) in [6, 6.07) is 0.212. The van der Waals surface area contributed by atoms with Crippen molar-refractivity contribution in [1.29, 1.82) is 0 Å². The van der Waals surface area contributed by atoms with Gasteiger partial charge < -0.3 is 15.7 Å². The number of nitrogens with one attached hydrogen (secondary N) is 2. The van der Waals surface area contributed by atoms with Gasteiger partial charge in [-0.1, -0.05) is 6.42 Å². The molecule has 0 radical (unpaired) electrons. The van der Waals surface area contributed by atoms with Gasteiger partial charge in [0.2, 0.25) is 5.91 Å². The monoisotopic (exact) mass is 240 g/mol. The summed E-state index contributed by atoms with van der Waals surface area (Å²) < 4.78 is 0. The number of aliphatic hydroxyl groups is 1. The number of hydrogen-bond acceptors (Lipinski definition) is 3. The molecule has 3 N–H and O–H groups in total. The predicted octanol–water partition coefficient (Wildman–Crippen LogP) is 0.653. The molecule has 3 unspecified atom stereocenters. The highest BCUT2D eigenvalue weighted by Crippen LogP contribution is 2.25. The van der Waals surface area contributed by atoms with Crippen LogP contribution in [0.3, 0.4) is 0 Å².